The first-order chi connectivity index (χ1) is 15.3. The minimum absolute atomic E-state index is 0.0196. The van der Waals surface area contributed by atoms with Crippen molar-refractivity contribution in [2.24, 2.45) is 0 Å². The van der Waals surface area contributed by atoms with Gasteiger partial charge in [-0.15, -0.1) is 0 Å². The lowest BCUT2D eigenvalue weighted by Crippen LogP contribution is -2.31. The number of hydrogen-bond donors (Lipinski definition) is 1. The molecule has 7 heteroatoms. The van der Waals surface area contributed by atoms with Crippen molar-refractivity contribution in [1.29, 1.82) is 0 Å². The minimum atomic E-state index is -0.816. The Morgan fingerprint density at radius 2 is 1.81 bits per heavy atom. The van der Waals surface area contributed by atoms with Crippen LogP contribution < -0.4 is 4.74 Å². The molecule has 0 aromatic heterocycles. The van der Waals surface area contributed by atoms with E-state index in [2.05, 4.69) is 13.8 Å². The molecule has 32 heavy (non-hydrogen) atoms. The summed E-state index contributed by atoms with van der Waals surface area (Å²) in [5.74, 6) is -2.08. The second-order valence-corrected chi connectivity index (χ2v) is 8.00. The van der Waals surface area contributed by atoms with Crippen LogP contribution in [0.3, 0.4) is 0 Å². The molecular formula is C25H28FNO5. The first-order valence-corrected chi connectivity index (χ1v) is 10.5. The summed E-state index contributed by atoms with van der Waals surface area (Å²) in [6.45, 7) is 4.83. The number of benzene rings is 2. The summed E-state index contributed by atoms with van der Waals surface area (Å²) in [5.41, 5.74) is 1.72. The van der Waals surface area contributed by atoms with Crippen molar-refractivity contribution in [1.82, 2.24) is 4.90 Å². The van der Waals surface area contributed by atoms with Gasteiger partial charge in [-0.05, 0) is 41.7 Å². The summed E-state index contributed by atoms with van der Waals surface area (Å²) >= 11 is 0. The van der Waals surface area contributed by atoms with Crippen molar-refractivity contribution in [3.05, 3.63) is 70.5 Å². The van der Waals surface area contributed by atoms with Crippen LogP contribution in [0.2, 0.25) is 0 Å². The highest BCUT2D eigenvalue weighted by Gasteiger charge is 2.46. The van der Waals surface area contributed by atoms with E-state index in [0.717, 1.165) is 11.6 Å². The molecule has 6 nitrogen and oxygen atoms in total. The van der Waals surface area contributed by atoms with E-state index < -0.39 is 29.3 Å². The lowest BCUT2D eigenvalue weighted by atomic mass is 9.93. The Kier molecular flexibility index (Phi) is 7.30. The highest BCUT2D eigenvalue weighted by molar-refractivity contribution is 6.46. The molecule has 0 radical (unpaired) electrons. The van der Waals surface area contributed by atoms with Crippen LogP contribution in [-0.2, 0) is 14.3 Å². The van der Waals surface area contributed by atoms with Gasteiger partial charge in [-0.2, -0.15) is 0 Å². The van der Waals surface area contributed by atoms with Crippen LogP contribution in [0, 0.1) is 5.82 Å². The van der Waals surface area contributed by atoms with Crippen LogP contribution in [0.4, 0.5) is 4.39 Å². The SMILES string of the molecule is COCCCN1C(=O)C(=O)/C(=C(/O)c2cc(F)ccc2OC)C1c1ccc(C(C)C)cc1. The number of nitrogens with zero attached hydrogens (tertiary/aromatic N) is 1. The normalized spacial score (nSPS) is 17.9. The van der Waals surface area contributed by atoms with Crippen molar-refractivity contribution in [2.45, 2.75) is 32.2 Å². The predicted octanol–water partition coefficient (Wildman–Crippen LogP) is 4.42. The summed E-state index contributed by atoms with van der Waals surface area (Å²) in [7, 11) is 2.95. The number of Topliss-reactive ketones (excluding diaryl/α,β-unsaturated/α-hetero) is 1. The zero-order chi connectivity index (χ0) is 23.4. The number of halogens is 1. The van der Waals surface area contributed by atoms with E-state index in [1.165, 1.54) is 24.1 Å². The van der Waals surface area contributed by atoms with Crippen LogP contribution in [0.25, 0.3) is 5.76 Å². The maximum atomic E-state index is 14.0. The van der Waals surface area contributed by atoms with Gasteiger partial charge in [0.2, 0.25) is 0 Å². The molecule has 1 fully saturated rings. The van der Waals surface area contributed by atoms with Crippen LogP contribution in [0.1, 0.15) is 48.9 Å². The molecule has 1 unspecified atom stereocenters. The Morgan fingerprint density at radius 3 is 2.41 bits per heavy atom. The van der Waals surface area contributed by atoms with Crippen LogP contribution in [0.5, 0.6) is 5.75 Å². The van der Waals surface area contributed by atoms with Gasteiger partial charge in [-0.3, -0.25) is 9.59 Å². The third-order valence-electron chi connectivity index (χ3n) is 5.62. The smallest absolute Gasteiger partial charge is 0.295 e. The number of hydrogen-bond acceptors (Lipinski definition) is 5. The third kappa shape index (κ3) is 4.53. The first-order valence-electron chi connectivity index (χ1n) is 10.5. The van der Waals surface area contributed by atoms with E-state index in [4.69, 9.17) is 9.47 Å². The van der Waals surface area contributed by atoms with Crippen LogP contribution in [-0.4, -0.2) is 49.1 Å². The number of carbonyl (C=O) groups excluding carboxylic acids is 2. The van der Waals surface area contributed by atoms with E-state index >= 15 is 0 Å². The van der Waals surface area contributed by atoms with Gasteiger partial charge >= 0.3 is 0 Å². The molecule has 1 N–H and O–H groups in total. The lowest BCUT2D eigenvalue weighted by Gasteiger charge is -2.25. The van der Waals surface area contributed by atoms with Crippen LogP contribution in [0.15, 0.2) is 48.0 Å². The van der Waals surface area contributed by atoms with E-state index in [0.29, 0.717) is 24.5 Å². The van der Waals surface area contributed by atoms with E-state index in [1.807, 2.05) is 24.3 Å². The maximum Gasteiger partial charge on any atom is 0.295 e. The number of carbonyl (C=O) groups is 2. The molecule has 2 aromatic rings. The van der Waals surface area contributed by atoms with E-state index in [9.17, 15) is 19.1 Å². The molecule has 0 spiro atoms. The van der Waals surface area contributed by atoms with Gasteiger partial charge in [-0.1, -0.05) is 38.1 Å². The van der Waals surface area contributed by atoms with Gasteiger partial charge < -0.3 is 19.5 Å². The number of ketones is 1. The largest absolute Gasteiger partial charge is 0.507 e. The van der Waals surface area contributed by atoms with Gasteiger partial charge in [-0.25, -0.2) is 4.39 Å². The van der Waals surface area contributed by atoms with Crippen molar-refractivity contribution >= 4 is 17.4 Å². The molecule has 1 saturated heterocycles. The molecule has 1 heterocycles. The van der Waals surface area contributed by atoms with Gasteiger partial charge in [0.25, 0.3) is 11.7 Å². The molecule has 1 atom stereocenters. The Hall–Kier alpha value is -3.19. The Bertz CT molecular complexity index is 1030. The molecule has 1 aliphatic rings. The van der Waals surface area contributed by atoms with Gasteiger partial charge in [0, 0.05) is 20.3 Å². The van der Waals surface area contributed by atoms with Crippen molar-refractivity contribution in [3.63, 3.8) is 0 Å². The standard InChI is InChI=1S/C25H28FNO5/c1-15(2)16-6-8-17(9-7-16)22-21(24(29)25(30)27(22)12-5-13-31-3)23(28)19-14-18(26)10-11-20(19)32-4/h6-11,14-15,22,28H,5,12-13H2,1-4H3/b23-21+. The second kappa shape index (κ2) is 9.96. The molecule has 0 aliphatic carbocycles. The highest BCUT2D eigenvalue weighted by Crippen LogP contribution is 2.41. The van der Waals surface area contributed by atoms with Crippen molar-refractivity contribution in [3.8, 4) is 5.75 Å². The number of ether oxygens (including phenoxy) is 2. The summed E-state index contributed by atoms with van der Waals surface area (Å²) in [5, 5.41) is 11.1. The second-order valence-electron chi connectivity index (χ2n) is 8.00. The summed E-state index contributed by atoms with van der Waals surface area (Å²) in [6.07, 6.45) is 0.521. The van der Waals surface area contributed by atoms with E-state index in [-0.39, 0.29) is 23.4 Å². The Balaban J connectivity index is 2.17. The predicted molar refractivity (Wildman–Crippen MR) is 119 cm³/mol. The summed E-state index contributed by atoms with van der Waals surface area (Å²) < 4.78 is 24.3. The number of amides is 1. The zero-order valence-electron chi connectivity index (χ0n) is 18.7. The molecule has 0 bridgehead atoms. The third-order valence-corrected chi connectivity index (χ3v) is 5.62. The Labute approximate surface area is 187 Å². The molecule has 0 saturated carbocycles. The fourth-order valence-corrected chi connectivity index (χ4v) is 3.91. The molecule has 2 aromatic carbocycles. The fraction of sp³-hybridized carbons (Fsp3) is 0.360. The zero-order valence-corrected chi connectivity index (χ0v) is 18.7. The van der Waals surface area contributed by atoms with Crippen molar-refractivity contribution < 1.29 is 28.6 Å². The van der Waals surface area contributed by atoms with Crippen molar-refractivity contribution in [2.75, 3.05) is 27.4 Å². The van der Waals surface area contributed by atoms with Gasteiger partial charge in [0.05, 0.1) is 24.3 Å². The quantitative estimate of drug-likeness (QED) is 0.284. The maximum absolute atomic E-state index is 14.0. The number of methoxy groups -OCH3 is 2. The number of likely N-dealkylation sites (tertiary alicyclic amines) is 1. The summed E-state index contributed by atoms with van der Waals surface area (Å²) in [4.78, 5) is 27.4. The average Bonchev–Trinajstić information content (AvgIpc) is 3.03. The first kappa shape index (κ1) is 23.5. The summed E-state index contributed by atoms with van der Waals surface area (Å²) in [6, 6.07) is 10.4. The average molecular weight is 441 g/mol. The number of rotatable bonds is 8. The minimum Gasteiger partial charge on any atom is -0.507 e. The molecule has 1 amide bonds. The lowest BCUT2D eigenvalue weighted by molar-refractivity contribution is -0.140. The fourth-order valence-electron chi connectivity index (χ4n) is 3.91. The molecule has 1 aliphatic heterocycles. The molecule has 3 rings (SSSR count). The highest BCUT2D eigenvalue weighted by atomic mass is 19.1. The monoisotopic (exact) mass is 441 g/mol. The van der Waals surface area contributed by atoms with Crippen LogP contribution >= 0.6 is 0 Å². The Morgan fingerprint density at radius 1 is 1.12 bits per heavy atom. The number of aliphatic hydroxyl groups excluding tert-OH is 1. The molecule has 170 valence electrons. The topological polar surface area (TPSA) is 76.1 Å². The van der Waals surface area contributed by atoms with Gasteiger partial charge in [0.1, 0.15) is 17.3 Å². The number of aliphatic hydroxyl groups is 1. The molecular weight excluding hydrogens is 413 g/mol. The van der Waals surface area contributed by atoms with E-state index in [1.54, 1.807) is 7.11 Å². The van der Waals surface area contributed by atoms with Gasteiger partial charge in [0.15, 0.2) is 0 Å².